The van der Waals surface area contributed by atoms with Gasteiger partial charge in [-0.3, -0.25) is 14.9 Å². The van der Waals surface area contributed by atoms with Crippen LogP contribution < -0.4 is 10.9 Å². The fourth-order valence-corrected chi connectivity index (χ4v) is 3.53. The number of nitrogens with one attached hydrogen (secondary N) is 1. The highest BCUT2D eigenvalue weighted by atomic mass is 32.1. The number of carbonyl (C=O) groups excluding carboxylic acids is 1. The Hall–Kier alpha value is -2.74. The molecule has 0 atom stereocenters. The Morgan fingerprint density at radius 1 is 1.32 bits per heavy atom. The summed E-state index contributed by atoms with van der Waals surface area (Å²) in [4.78, 5) is 25.0. The Morgan fingerprint density at radius 2 is 2.04 bits per heavy atom. The Bertz CT molecular complexity index is 1010. The lowest BCUT2D eigenvalue weighted by atomic mass is 10.1. The molecule has 1 aromatic carbocycles. The minimum absolute atomic E-state index is 0.301. The molecule has 0 saturated carbocycles. The Kier molecular flexibility index (Phi) is 4.54. The van der Waals surface area contributed by atoms with Crippen molar-refractivity contribution in [3.8, 4) is 5.75 Å². The van der Waals surface area contributed by atoms with Crippen molar-refractivity contribution in [1.29, 1.82) is 0 Å². The van der Waals surface area contributed by atoms with Gasteiger partial charge in [-0.2, -0.15) is 0 Å². The number of aromatic hydroxyl groups is 1. The first-order chi connectivity index (χ1) is 11.9. The van der Waals surface area contributed by atoms with Crippen molar-refractivity contribution >= 4 is 33.3 Å². The highest BCUT2D eigenvalue weighted by molar-refractivity contribution is 7.15. The normalized spacial score (nSPS) is 11.2. The SMILES string of the molecule is CC(C)Cc1nnc(NC(=O)c2c(O)c3ccccc3n(C)c2=O)s1. The number of hydrogen-bond acceptors (Lipinski definition) is 6. The van der Waals surface area contributed by atoms with E-state index in [1.165, 1.54) is 15.9 Å². The fourth-order valence-electron chi connectivity index (χ4n) is 2.58. The van der Waals surface area contributed by atoms with Crippen LogP contribution in [0, 0.1) is 5.92 Å². The number of para-hydroxylation sites is 1. The molecule has 2 aromatic heterocycles. The number of fused-ring (bicyclic) bond motifs is 1. The molecule has 3 rings (SSSR count). The Labute approximate surface area is 148 Å². The van der Waals surface area contributed by atoms with Gasteiger partial charge >= 0.3 is 0 Å². The van der Waals surface area contributed by atoms with E-state index in [0.29, 0.717) is 22.0 Å². The number of nitrogens with zero attached hydrogens (tertiary/aromatic N) is 3. The van der Waals surface area contributed by atoms with Crippen molar-refractivity contribution in [3.05, 3.63) is 45.2 Å². The molecule has 0 bridgehead atoms. The zero-order valence-corrected chi connectivity index (χ0v) is 14.9. The maximum atomic E-state index is 12.5. The van der Waals surface area contributed by atoms with Crippen LogP contribution in [0.15, 0.2) is 29.1 Å². The molecule has 0 fully saturated rings. The second-order valence-corrected chi connectivity index (χ2v) is 7.22. The van der Waals surface area contributed by atoms with Gasteiger partial charge in [-0.15, -0.1) is 10.2 Å². The number of aromatic nitrogens is 3. The first kappa shape index (κ1) is 17.1. The Balaban J connectivity index is 1.97. The van der Waals surface area contributed by atoms with Gasteiger partial charge < -0.3 is 9.67 Å². The number of carbonyl (C=O) groups is 1. The lowest BCUT2D eigenvalue weighted by Crippen LogP contribution is -2.28. The molecular formula is C17H18N4O3S. The van der Waals surface area contributed by atoms with Gasteiger partial charge in [0.05, 0.1) is 5.52 Å². The summed E-state index contributed by atoms with van der Waals surface area (Å²) < 4.78 is 1.34. The Morgan fingerprint density at radius 3 is 2.76 bits per heavy atom. The van der Waals surface area contributed by atoms with Gasteiger partial charge in [0, 0.05) is 18.9 Å². The average molecular weight is 358 g/mol. The molecule has 8 heteroatoms. The van der Waals surface area contributed by atoms with Crippen molar-refractivity contribution in [2.75, 3.05) is 5.32 Å². The summed E-state index contributed by atoms with van der Waals surface area (Å²) in [5, 5.41) is 22.5. The number of rotatable bonds is 4. The average Bonchev–Trinajstić information content (AvgIpc) is 2.99. The summed E-state index contributed by atoms with van der Waals surface area (Å²) in [6.45, 7) is 4.13. The van der Waals surface area contributed by atoms with Crippen LogP contribution >= 0.6 is 11.3 Å². The van der Waals surface area contributed by atoms with E-state index in [9.17, 15) is 14.7 Å². The van der Waals surface area contributed by atoms with E-state index < -0.39 is 11.5 Å². The number of hydrogen-bond donors (Lipinski definition) is 2. The van der Waals surface area contributed by atoms with Crippen LogP contribution in [0.25, 0.3) is 10.9 Å². The van der Waals surface area contributed by atoms with Gasteiger partial charge in [0.25, 0.3) is 11.5 Å². The molecule has 3 aromatic rings. The van der Waals surface area contributed by atoms with E-state index in [-0.39, 0.29) is 11.3 Å². The third-order valence-electron chi connectivity index (χ3n) is 3.77. The topological polar surface area (TPSA) is 97.1 Å². The zero-order valence-electron chi connectivity index (χ0n) is 14.1. The third kappa shape index (κ3) is 3.25. The number of aryl methyl sites for hydroxylation is 1. The van der Waals surface area contributed by atoms with Crippen molar-refractivity contribution < 1.29 is 9.90 Å². The third-order valence-corrected chi connectivity index (χ3v) is 4.63. The van der Waals surface area contributed by atoms with Gasteiger partial charge in [-0.25, -0.2) is 0 Å². The second-order valence-electron chi connectivity index (χ2n) is 6.16. The molecule has 0 spiro atoms. The standard InChI is InChI=1S/C17H18N4O3S/c1-9(2)8-12-19-20-17(25-12)18-15(23)13-14(22)10-6-4-5-7-11(10)21(3)16(13)24/h4-7,9,22H,8H2,1-3H3,(H,18,20,23). The van der Waals surface area contributed by atoms with E-state index in [0.717, 1.165) is 11.4 Å². The van der Waals surface area contributed by atoms with Crippen molar-refractivity contribution in [2.24, 2.45) is 13.0 Å². The maximum absolute atomic E-state index is 12.5. The van der Waals surface area contributed by atoms with Crippen LogP contribution in [-0.4, -0.2) is 25.8 Å². The first-order valence-electron chi connectivity index (χ1n) is 7.83. The molecule has 0 aliphatic carbocycles. The molecule has 0 saturated heterocycles. The van der Waals surface area contributed by atoms with Gasteiger partial charge in [0.2, 0.25) is 5.13 Å². The molecule has 7 nitrogen and oxygen atoms in total. The summed E-state index contributed by atoms with van der Waals surface area (Å²) in [5.41, 5.74) is -0.320. The van der Waals surface area contributed by atoms with E-state index >= 15 is 0 Å². The van der Waals surface area contributed by atoms with E-state index in [1.54, 1.807) is 31.3 Å². The van der Waals surface area contributed by atoms with Crippen molar-refractivity contribution in [2.45, 2.75) is 20.3 Å². The predicted octanol–water partition coefficient (Wildman–Crippen LogP) is 2.55. The van der Waals surface area contributed by atoms with Crippen LogP contribution in [0.3, 0.4) is 0 Å². The van der Waals surface area contributed by atoms with Gasteiger partial charge in [0.15, 0.2) is 0 Å². The van der Waals surface area contributed by atoms with Gasteiger partial charge in [-0.05, 0) is 18.1 Å². The quantitative estimate of drug-likeness (QED) is 0.747. The highest BCUT2D eigenvalue weighted by Crippen LogP contribution is 2.27. The van der Waals surface area contributed by atoms with E-state index in [1.807, 2.05) is 0 Å². The molecule has 2 heterocycles. The second kappa shape index (κ2) is 6.64. The van der Waals surface area contributed by atoms with Crippen molar-refractivity contribution in [3.63, 3.8) is 0 Å². The molecule has 1 amide bonds. The number of benzene rings is 1. The fraction of sp³-hybridized carbons (Fsp3) is 0.294. The summed E-state index contributed by atoms with van der Waals surface area (Å²) in [5.74, 6) is -0.604. The van der Waals surface area contributed by atoms with E-state index in [4.69, 9.17) is 0 Å². The lowest BCUT2D eigenvalue weighted by Gasteiger charge is -2.10. The molecule has 0 radical (unpaired) electrons. The zero-order chi connectivity index (χ0) is 18.1. The van der Waals surface area contributed by atoms with Crippen molar-refractivity contribution in [1.82, 2.24) is 14.8 Å². The maximum Gasteiger partial charge on any atom is 0.267 e. The molecule has 130 valence electrons. The molecular weight excluding hydrogens is 340 g/mol. The minimum atomic E-state index is -0.698. The van der Waals surface area contributed by atoms with Crippen LogP contribution in [-0.2, 0) is 13.5 Å². The minimum Gasteiger partial charge on any atom is -0.506 e. The smallest absolute Gasteiger partial charge is 0.267 e. The number of pyridine rings is 1. The van der Waals surface area contributed by atoms with Crippen LogP contribution in [0.2, 0.25) is 0 Å². The molecule has 2 N–H and O–H groups in total. The first-order valence-corrected chi connectivity index (χ1v) is 8.64. The largest absolute Gasteiger partial charge is 0.506 e. The monoisotopic (exact) mass is 358 g/mol. The summed E-state index contributed by atoms with van der Waals surface area (Å²) in [6, 6.07) is 6.86. The number of anilines is 1. The van der Waals surface area contributed by atoms with Gasteiger partial charge in [-0.1, -0.05) is 37.3 Å². The summed E-state index contributed by atoms with van der Waals surface area (Å²) in [7, 11) is 1.56. The van der Waals surface area contributed by atoms with Crippen LogP contribution in [0.1, 0.15) is 29.2 Å². The van der Waals surface area contributed by atoms with Gasteiger partial charge in [0.1, 0.15) is 16.3 Å². The van der Waals surface area contributed by atoms with Crippen LogP contribution in [0.5, 0.6) is 5.75 Å². The highest BCUT2D eigenvalue weighted by Gasteiger charge is 2.22. The molecule has 25 heavy (non-hydrogen) atoms. The van der Waals surface area contributed by atoms with Crippen LogP contribution in [0.4, 0.5) is 5.13 Å². The number of amides is 1. The summed E-state index contributed by atoms with van der Waals surface area (Å²) >= 11 is 1.26. The predicted molar refractivity (Wildman–Crippen MR) is 97.3 cm³/mol. The summed E-state index contributed by atoms with van der Waals surface area (Å²) in [6.07, 6.45) is 0.760. The molecule has 0 unspecified atom stereocenters. The molecule has 0 aliphatic heterocycles. The van der Waals surface area contributed by atoms with E-state index in [2.05, 4.69) is 29.4 Å². The lowest BCUT2D eigenvalue weighted by molar-refractivity contribution is 0.102. The molecule has 0 aliphatic rings.